The molecule has 2 aromatic carbocycles. The van der Waals surface area contributed by atoms with E-state index in [-0.39, 0.29) is 12.3 Å². The number of hydrazone groups is 1. The van der Waals surface area contributed by atoms with Crippen LogP contribution < -0.4 is 4.74 Å². The van der Waals surface area contributed by atoms with Gasteiger partial charge in [-0.05, 0) is 29.6 Å². The van der Waals surface area contributed by atoms with E-state index in [1.165, 1.54) is 10.4 Å². The lowest BCUT2D eigenvalue weighted by Gasteiger charge is -2.38. The summed E-state index contributed by atoms with van der Waals surface area (Å²) in [6.45, 7) is 0. The van der Waals surface area contributed by atoms with E-state index in [0.717, 1.165) is 23.4 Å². The minimum absolute atomic E-state index is 0.150. The lowest BCUT2D eigenvalue weighted by Crippen LogP contribution is -2.33. The van der Waals surface area contributed by atoms with Crippen LogP contribution in [-0.4, -0.2) is 10.7 Å². The average Bonchev–Trinajstić information content (AvgIpc) is 3.33. The van der Waals surface area contributed by atoms with Crippen LogP contribution in [0.5, 0.6) is 5.75 Å². The molecular weight excluding hydrogens is 387 g/mol. The van der Waals surface area contributed by atoms with Crippen LogP contribution in [0.15, 0.2) is 65.1 Å². The van der Waals surface area contributed by atoms with E-state index in [4.69, 9.17) is 33.0 Å². The molecule has 0 N–H and O–H groups in total. The van der Waals surface area contributed by atoms with Crippen LogP contribution in [-0.2, 0) is 0 Å². The van der Waals surface area contributed by atoms with Crippen LogP contribution >= 0.6 is 34.5 Å². The first-order chi connectivity index (χ1) is 12.7. The van der Waals surface area contributed by atoms with Crippen LogP contribution in [0.1, 0.15) is 34.7 Å². The Morgan fingerprint density at radius 1 is 1.04 bits per heavy atom. The second-order valence-corrected chi connectivity index (χ2v) is 8.07. The average molecular weight is 401 g/mol. The first kappa shape index (κ1) is 16.2. The third-order valence-electron chi connectivity index (χ3n) is 4.73. The summed E-state index contributed by atoms with van der Waals surface area (Å²) in [6, 6.07) is 18.1. The second kappa shape index (κ2) is 6.31. The maximum absolute atomic E-state index is 6.31. The van der Waals surface area contributed by atoms with E-state index in [1.807, 2.05) is 30.3 Å². The molecule has 130 valence electrons. The summed E-state index contributed by atoms with van der Waals surface area (Å²) in [7, 11) is 0. The highest BCUT2D eigenvalue weighted by molar-refractivity contribution is 7.12. The highest BCUT2D eigenvalue weighted by Gasteiger charge is 2.41. The highest BCUT2D eigenvalue weighted by atomic mass is 35.5. The quantitative estimate of drug-likeness (QED) is 0.504. The van der Waals surface area contributed by atoms with Gasteiger partial charge in [0, 0.05) is 17.5 Å². The van der Waals surface area contributed by atoms with Crippen molar-refractivity contribution in [1.29, 1.82) is 0 Å². The van der Waals surface area contributed by atoms with E-state index < -0.39 is 0 Å². The van der Waals surface area contributed by atoms with Crippen molar-refractivity contribution < 1.29 is 4.74 Å². The van der Waals surface area contributed by atoms with E-state index >= 15 is 0 Å². The van der Waals surface area contributed by atoms with Gasteiger partial charge < -0.3 is 4.74 Å². The molecule has 0 unspecified atom stereocenters. The minimum atomic E-state index is -0.331. The predicted molar refractivity (Wildman–Crippen MR) is 106 cm³/mol. The first-order valence-corrected chi connectivity index (χ1v) is 9.94. The maximum Gasteiger partial charge on any atom is 0.213 e. The molecule has 2 aliphatic rings. The summed E-state index contributed by atoms with van der Waals surface area (Å²) in [6.07, 6.45) is 0.528. The number of para-hydroxylation sites is 1. The van der Waals surface area contributed by atoms with Crippen LogP contribution in [0.3, 0.4) is 0 Å². The predicted octanol–water partition coefficient (Wildman–Crippen LogP) is 6.30. The molecule has 1 aromatic heterocycles. The number of nitrogens with zero attached hydrogens (tertiary/aromatic N) is 2. The topological polar surface area (TPSA) is 24.8 Å². The number of thiophene rings is 1. The third kappa shape index (κ3) is 2.60. The van der Waals surface area contributed by atoms with Crippen molar-refractivity contribution in [3.05, 3.63) is 86.0 Å². The van der Waals surface area contributed by atoms with E-state index in [9.17, 15) is 0 Å². The van der Waals surface area contributed by atoms with Gasteiger partial charge in [0.25, 0.3) is 0 Å². The molecule has 5 rings (SSSR count). The van der Waals surface area contributed by atoms with E-state index in [0.29, 0.717) is 10.0 Å². The number of fused-ring (bicyclic) bond motifs is 3. The zero-order valence-electron chi connectivity index (χ0n) is 13.6. The Morgan fingerprint density at radius 3 is 2.73 bits per heavy atom. The van der Waals surface area contributed by atoms with Crippen LogP contribution in [0, 0.1) is 0 Å². The highest BCUT2D eigenvalue weighted by Crippen LogP contribution is 2.48. The van der Waals surface area contributed by atoms with E-state index in [1.54, 1.807) is 17.4 Å². The zero-order valence-corrected chi connectivity index (χ0v) is 15.9. The molecular formula is C20H14Cl2N2OS. The molecule has 0 spiro atoms. The minimum Gasteiger partial charge on any atom is -0.464 e. The molecule has 3 heterocycles. The van der Waals surface area contributed by atoms with Crippen molar-refractivity contribution in [2.75, 3.05) is 0 Å². The molecule has 0 radical (unpaired) electrons. The Labute approximate surface area is 165 Å². The molecule has 0 amide bonds. The second-order valence-electron chi connectivity index (χ2n) is 6.31. The van der Waals surface area contributed by atoms with Gasteiger partial charge in [0.1, 0.15) is 5.75 Å². The molecule has 26 heavy (non-hydrogen) atoms. The fourth-order valence-corrected chi connectivity index (χ4v) is 4.54. The first-order valence-electron chi connectivity index (χ1n) is 8.31. The summed E-state index contributed by atoms with van der Waals surface area (Å²) in [5.74, 6) is 0.896. The fraction of sp³-hybridized carbons (Fsp3) is 0.150. The lowest BCUT2D eigenvalue weighted by atomic mass is 9.98. The zero-order chi connectivity index (χ0) is 17.7. The third-order valence-corrected chi connectivity index (χ3v) is 6.39. The number of hydrogen-bond donors (Lipinski definition) is 0. The monoisotopic (exact) mass is 400 g/mol. The molecule has 0 bridgehead atoms. The lowest BCUT2D eigenvalue weighted by molar-refractivity contribution is -0.0190. The maximum atomic E-state index is 6.31. The van der Waals surface area contributed by atoms with Gasteiger partial charge >= 0.3 is 0 Å². The summed E-state index contributed by atoms with van der Waals surface area (Å²) < 4.78 is 6.31. The summed E-state index contributed by atoms with van der Waals surface area (Å²) in [5, 5.41) is 10.1. The summed E-state index contributed by atoms with van der Waals surface area (Å²) >= 11 is 14.0. The molecule has 2 atom stereocenters. The number of rotatable bonds is 2. The molecule has 0 fully saturated rings. The Balaban J connectivity index is 1.61. The van der Waals surface area contributed by atoms with Gasteiger partial charge in [0.2, 0.25) is 6.23 Å². The Hall–Kier alpha value is -2.01. The van der Waals surface area contributed by atoms with Crippen molar-refractivity contribution in [1.82, 2.24) is 5.01 Å². The molecule has 3 aromatic rings. The van der Waals surface area contributed by atoms with Crippen LogP contribution in [0.25, 0.3) is 0 Å². The molecule has 0 saturated carbocycles. The Morgan fingerprint density at radius 2 is 1.92 bits per heavy atom. The normalized spacial score (nSPS) is 21.0. The number of benzene rings is 2. The summed E-state index contributed by atoms with van der Waals surface area (Å²) in [4.78, 5) is 1.20. The molecule has 0 saturated heterocycles. The van der Waals surface area contributed by atoms with Gasteiger partial charge in [-0.15, -0.1) is 11.3 Å². The van der Waals surface area contributed by atoms with Crippen LogP contribution in [0.4, 0.5) is 0 Å². The van der Waals surface area contributed by atoms with Crippen molar-refractivity contribution >= 4 is 40.3 Å². The van der Waals surface area contributed by atoms with Crippen molar-refractivity contribution in [2.45, 2.75) is 18.7 Å². The smallest absolute Gasteiger partial charge is 0.213 e. The van der Waals surface area contributed by atoms with Gasteiger partial charge in [0.05, 0.1) is 26.7 Å². The SMILES string of the molecule is Clc1ccc([C@@H]2Oc3ccccc3[C@@H]3CC(c4cccs4)=NN32)cc1Cl. The number of ether oxygens (including phenoxy) is 1. The number of halogens is 2. The largest absolute Gasteiger partial charge is 0.464 e. The molecule has 2 aliphatic heterocycles. The van der Waals surface area contributed by atoms with Gasteiger partial charge in [-0.2, -0.15) is 5.10 Å². The molecule has 6 heteroatoms. The van der Waals surface area contributed by atoms with Crippen molar-refractivity contribution in [3.63, 3.8) is 0 Å². The fourth-order valence-electron chi connectivity index (χ4n) is 3.51. The van der Waals surface area contributed by atoms with Gasteiger partial charge in [-0.1, -0.05) is 53.5 Å². The standard InChI is InChI=1S/C20H14Cl2N2OS/c21-14-8-7-12(10-15(14)22)20-24-17(13-4-1-2-5-18(13)25-20)11-16(23-24)19-6-3-9-26-19/h1-10,17,20H,11H2/t17-,20-/m0/s1. The van der Waals surface area contributed by atoms with Gasteiger partial charge in [-0.3, -0.25) is 0 Å². The van der Waals surface area contributed by atoms with Crippen molar-refractivity contribution in [3.8, 4) is 5.75 Å². The van der Waals surface area contributed by atoms with Crippen LogP contribution in [0.2, 0.25) is 10.0 Å². The Kier molecular flexibility index (Phi) is 3.92. The van der Waals surface area contributed by atoms with Gasteiger partial charge in [0.15, 0.2) is 0 Å². The van der Waals surface area contributed by atoms with Crippen molar-refractivity contribution in [2.24, 2.45) is 5.10 Å². The number of hydrogen-bond acceptors (Lipinski definition) is 4. The Bertz CT molecular complexity index is 1000. The molecule has 3 nitrogen and oxygen atoms in total. The van der Waals surface area contributed by atoms with Gasteiger partial charge in [-0.25, -0.2) is 5.01 Å². The summed E-state index contributed by atoms with van der Waals surface area (Å²) in [5.41, 5.74) is 3.20. The molecule has 0 aliphatic carbocycles. The van der Waals surface area contributed by atoms with E-state index in [2.05, 4.69) is 28.6 Å².